The van der Waals surface area contributed by atoms with Crippen molar-refractivity contribution in [2.45, 2.75) is 38.9 Å². The van der Waals surface area contributed by atoms with Crippen LogP contribution in [0.1, 0.15) is 25.6 Å². The first-order valence-electron chi connectivity index (χ1n) is 11.0. The van der Waals surface area contributed by atoms with Gasteiger partial charge in [0.1, 0.15) is 17.2 Å². The summed E-state index contributed by atoms with van der Waals surface area (Å²) in [5.41, 5.74) is 7.42. The monoisotopic (exact) mass is 433 g/mol. The molecule has 0 aliphatic carbocycles. The fourth-order valence-electron chi connectivity index (χ4n) is 4.67. The number of benzene rings is 1. The molecular weight excluding hydrogens is 406 g/mol. The number of nitrogens with two attached hydrogens (primary N) is 1. The second-order valence-corrected chi connectivity index (χ2v) is 8.41. The van der Waals surface area contributed by atoms with Crippen LogP contribution in [-0.2, 0) is 20.1 Å². The van der Waals surface area contributed by atoms with Crippen molar-refractivity contribution in [1.29, 1.82) is 0 Å². The first-order chi connectivity index (χ1) is 15.5. The zero-order valence-electron chi connectivity index (χ0n) is 18.4. The van der Waals surface area contributed by atoms with Crippen LogP contribution in [0.4, 0.5) is 5.82 Å². The molecule has 3 aromatic heterocycles. The summed E-state index contributed by atoms with van der Waals surface area (Å²) in [5.74, 6) is 1.36. The lowest BCUT2D eigenvalue weighted by atomic mass is 10.1. The average molecular weight is 434 g/mol. The highest BCUT2D eigenvalue weighted by atomic mass is 16.2. The molecule has 0 amide bonds. The van der Waals surface area contributed by atoms with Gasteiger partial charge in [0.25, 0.3) is 5.56 Å². The average Bonchev–Trinajstić information content (AvgIpc) is 3.20. The van der Waals surface area contributed by atoms with E-state index < -0.39 is 0 Å². The summed E-state index contributed by atoms with van der Waals surface area (Å²) in [6.07, 6.45) is 3.73. The van der Waals surface area contributed by atoms with Gasteiger partial charge in [0.05, 0.1) is 17.6 Å². The molecule has 1 fully saturated rings. The fraction of sp³-hybridized carbons (Fsp3) is 0.391. The smallest absolute Gasteiger partial charge is 0.331 e. The number of aromatic nitrogens is 5. The van der Waals surface area contributed by atoms with Crippen molar-refractivity contribution in [3.8, 4) is 0 Å². The second kappa shape index (κ2) is 7.90. The molecule has 9 heteroatoms. The Bertz CT molecular complexity index is 1430. The van der Waals surface area contributed by atoms with Gasteiger partial charge < -0.3 is 15.2 Å². The Kier molecular flexibility index (Phi) is 5.05. The number of fused-ring (bicyclic) bond motifs is 2. The van der Waals surface area contributed by atoms with Gasteiger partial charge in [-0.25, -0.2) is 14.8 Å². The lowest BCUT2D eigenvalue weighted by molar-refractivity contribution is 0.498. The van der Waals surface area contributed by atoms with E-state index in [9.17, 15) is 9.59 Å². The summed E-state index contributed by atoms with van der Waals surface area (Å²) in [6.45, 7) is 4.27. The Balaban J connectivity index is 1.65. The third kappa shape index (κ3) is 3.29. The van der Waals surface area contributed by atoms with Crippen molar-refractivity contribution in [3.05, 3.63) is 63.2 Å². The quantitative estimate of drug-likeness (QED) is 0.522. The van der Waals surface area contributed by atoms with Crippen molar-refractivity contribution < 1.29 is 0 Å². The maximum atomic E-state index is 13.5. The highest BCUT2D eigenvalue weighted by Gasteiger charge is 2.24. The summed E-state index contributed by atoms with van der Waals surface area (Å²) in [6, 6.07) is 9.69. The molecule has 166 valence electrons. The van der Waals surface area contributed by atoms with Gasteiger partial charge in [-0.15, -0.1) is 0 Å². The molecule has 0 unspecified atom stereocenters. The predicted octanol–water partition coefficient (Wildman–Crippen LogP) is 1.44. The van der Waals surface area contributed by atoms with Gasteiger partial charge in [0, 0.05) is 50.4 Å². The van der Waals surface area contributed by atoms with Crippen LogP contribution in [0.5, 0.6) is 0 Å². The maximum Gasteiger partial charge on any atom is 0.331 e. The first kappa shape index (κ1) is 20.4. The third-order valence-electron chi connectivity index (χ3n) is 6.32. The van der Waals surface area contributed by atoms with E-state index in [2.05, 4.69) is 14.9 Å². The Hall–Kier alpha value is -3.46. The van der Waals surface area contributed by atoms with Gasteiger partial charge in [0.15, 0.2) is 0 Å². The van der Waals surface area contributed by atoms with E-state index in [4.69, 9.17) is 5.73 Å². The van der Waals surface area contributed by atoms with Crippen LogP contribution in [-0.4, -0.2) is 42.8 Å². The molecule has 2 N–H and O–H groups in total. The Labute approximate surface area is 184 Å². The van der Waals surface area contributed by atoms with E-state index in [1.165, 1.54) is 9.13 Å². The van der Waals surface area contributed by atoms with Crippen LogP contribution in [0.25, 0.3) is 21.9 Å². The van der Waals surface area contributed by atoms with E-state index >= 15 is 0 Å². The topological polar surface area (TPSA) is 104 Å². The molecule has 0 spiro atoms. The number of hydrogen-bond acceptors (Lipinski definition) is 6. The minimum Gasteiger partial charge on any atom is -0.356 e. The lowest BCUT2D eigenvalue weighted by Gasteiger charge is -2.33. The van der Waals surface area contributed by atoms with Crippen LogP contribution in [0.3, 0.4) is 0 Å². The molecule has 0 saturated carbocycles. The summed E-state index contributed by atoms with van der Waals surface area (Å²) < 4.78 is 4.76. The first-order valence-corrected chi connectivity index (χ1v) is 11.0. The van der Waals surface area contributed by atoms with Crippen molar-refractivity contribution in [1.82, 2.24) is 23.7 Å². The van der Waals surface area contributed by atoms with Crippen LogP contribution in [0.15, 0.2) is 46.1 Å². The molecule has 1 aliphatic rings. The molecule has 0 bridgehead atoms. The lowest BCUT2D eigenvalue weighted by Crippen LogP contribution is -2.43. The minimum absolute atomic E-state index is 0.0189. The van der Waals surface area contributed by atoms with Gasteiger partial charge in [-0.1, -0.05) is 18.2 Å². The Morgan fingerprint density at radius 3 is 2.78 bits per heavy atom. The zero-order chi connectivity index (χ0) is 22.4. The summed E-state index contributed by atoms with van der Waals surface area (Å²) in [7, 11) is 1.70. The molecule has 4 aromatic rings. The number of nitrogens with zero attached hydrogens (tertiary/aromatic N) is 6. The van der Waals surface area contributed by atoms with Gasteiger partial charge in [-0.05, 0) is 25.8 Å². The van der Waals surface area contributed by atoms with Crippen molar-refractivity contribution >= 4 is 27.8 Å². The number of rotatable bonds is 4. The van der Waals surface area contributed by atoms with Gasteiger partial charge in [-0.3, -0.25) is 13.9 Å². The van der Waals surface area contributed by atoms with Crippen molar-refractivity contribution in [2.24, 2.45) is 12.8 Å². The van der Waals surface area contributed by atoms with Crippen molar-refractivity contribution in [3.63, 3.8) is 0 Å². The number of aryl methyl sites for hydroxylation is 2. The van der Waals surface area contributed by atoms with Gasteiger partial charge in [-0.2, -0.15) is 0 Å². The third-order valence-corrected chi connectivity index (χ3v) is 6.32. The number of hydrogen-bond donors (Lipinski definition) is 1. The zero-order valence-corrected chi connectivity index (χ0v) is 18.4. The SMILES string of the molecule is CCn1c(N2CCC[C@@H](N)C2)cc2c1c(=O)n(Cc1ncc3ccccc3n1)c(=O)n2C. The molecular formula is C23H27N7O2. The van der Waals surface area contributed by atoms with Crippen LogP contribution >= 0.6 is 0 Å². The minimum atomic E-state index is -0.380. The summed E-state index contributed by atoms with van der Waals surface area (Å²) >= 11 is 0. The number of para-hydroxylation sites is 1. The van der Waals surface area contributed by atoms with E-state index in [1.807, 2.05) is 41.8 Å². The Morgan fingerprint density at radius 1 is 1.19 bits per heavy atom. The van der Waals surface area contributed by atoms with Crippen LogP contribution in [0, 0.1) is 0 Å². The van der Waals surface area contributed by atoms with E-state index in [0.29, 0.717) is 23.4 Å². The largest absolute Gasteiger partial charge is 0.356 e. The molecule has 1 aromatic carbocycles. The number of anilines is 1. The summed E-state index contributed by atoms with van der Waals surface area (Å²) in [5, 5.41) is 0.913. The van der Waals surface area contributed by atoms with Gasteiger partial charge in [0.2, 0.25) is 0 Å². The molecule has 0 radical (unpaired) electrons. The standard InChI is InChI=1S/C23H27N7O2/c1-3-29-20(28-10-6-8-16(24)13-28)11-18-21(29)22(31)30(23(32)27(18)2)14-19-25-12-15-7-4-5-9-17(15)26-19/h4-5,7,9,11-12,16H,3,6,8,10,13-14,24H2,1-2H3/t16-/m1/s1. The normalized spacial score (nSPS) is 16.8. The number of piperidine rings is 1. The highest BCUT2D eigenvalue weighted by Crippen LogP contribution is 2.26. The maximum absolute atomic E-state index is 13.5. The highest BCUT2D eigenvalue weighted by molar-refractivity contribution is 5.81. The second-order valence-electron chi connectivity index (χ2n) is 8.41. The molecule has 1 aliphatic heterocycles. The van der Waals surface area contributed by atoms with E-state index in [-0.39, 0.29) is 23.8 Å². The summed E-state index contributed by atoms with van der Waals surface area (Å²) in [4.78, 5) is 37.8. The van der Waals surface area contributed by atoms with Gasteiger partial charge >= 0.3 is 5.69 Å². The van der Waals surface area contributed by atoms with Crippen molar-refractivity contribution in [2.75, 3.05) is 18.0 Å². The molecule has 4 heterocycles. The van der Waals surface area contributed by atoms with Crippen LogP contribution in [0.2, 0.25) is 0 Å². The molecule has 9 nitrogen and oxygen atoms in total. The molecule has 1 saturated heterocycles. The molecule has 5 rings (SSSR count). The molecule has 1 atom stereocenters. The van der Waals surface area contributed by atoms with E-state index in [1.54, 1.807) is 13.2 Å². The van der Waals surface area contributed by atoms with Crippen LogP contribution < -0.4 is 21.9 Å². The predicted molar refractivity (Wildman–Crippen MR) is 125 cm³/mol. The fourth-order valence-corrected chi connectivity index (χ4v) is 4.67. The molecule has 32 heavy (non-hydrogen) atoms. The van der Waals surface area contributed by atoms with E-state index in [0.717, 1.165) is 42.7 Å². The Morgan fingerprint density at radius 2 is 2.00 bits per heavy atom.